The molecule has 1 N–H and O–H groups in total. The monoisotopic (exact) mass is 279 g/mol. The van der Waals surface area contributed by atoms with E-state index in [9.17, 15) is 4.79 Å². The Morgan fingerprint density at radius 1 is 1.19 bits per heavy atom. The molecule has 2 rings (SSSR count). The Labute approximate surface area is 99.3 Å². The van der Waals surface area contributed by atoms with Crippen LogP contribution in [0, 0.1) is 0 Å². The van der Waals surface area contributed by atoms with Crippen LogP contribution in [0.4, 0.5) is 0 Å². The summed E-state index contributed by atoms with van der Waals surface area (Å²) < 4.78 is 0.816. The Balaban J connectivity index is 2.38. The van der Waals surface area contributed by atoms with Gasteiger partial charge in [-0.2, -0.15) is 0 Å². The van der Waals surface area contributed by atoms with Gasteiger partial charge < -0.3 is 5.11 Å². The van der Waals surface area contributed by atoms with Crippen LogP contribution in [0.2, 0.25) is 0 Å². The van der Waals surface area contributed by atoms with Crippen LogP contribution in [0.1, 0.15) is 10.4 Å². The van der Waals surface area contributed by atoms with Gasteiger partial charge in [0.1, 0.15) is 0 Å². The Morgan fingerprint density at radius 3 is 2.44 bits per heavy atom. The summed E-state index contributed by atoms with van der Waals surface area (Å²) in [6, 6.07) is 1.81. The van der Waals surface area contributed by atoms with Gasteiger partial charge in [-0.25, -0.2) is 14.8 Å². The van der Waals surface area contributed by atoms with Crippen molar-refractivity contribution in [3.8, 4) is 11.4 Å². The fourth-order valence-electron chi connectivity index (χ4n) is 1.12. The van der Waals surface area contributed by atoms with Crippen molar-refractivity contribution >= 4 is 21.9 Å². The number of carboxylic acid groups (broad SMARTS) is 1. The first-order chi connectivity index (χ1) is 7.66. The molecule has 0 aliphatic heterocycles. The SMILES string of the molecule is O=C(O)c1cnc(-c2cncc(Br)c2)nc1. The molecule has 0 aromatic carbocycles. The Hall–Kier alpha value is -1.82. The van der Waals surface area contributed by atoms with Gasteiger partial charge in [-0.3, -0.25) is 4.98 Å². The zero-order chi connectivity index (χ0) is 11.5. The maximum atomic E-state index is 10.6. The first-order valence-electron chi connectivity index (χ1n) is 4.33. The van der Waals surface area contributed by atoms with Crippen molar-refractivity contribution < 1.29 is 9.90 Å². The van der Waals surface area contributed by atoms with E-state index in [1.165, 1.54) is 12.4 Å². The van der Waals surface area contributed by atoms with Gasteiger partial charge in [0.15, 0.2) is 5.82 Å². The molecule has 0 aliphatic carbocycles. The zero-order valence-corrected chi connectivity index (χ0v) is 9.55. The molecule has 0 fully saturated rings. The molecule has 2 aromatic heterocycles. The second kappa shape index (κ2) is 4.36. The van der Waals surface area contributed by atoms with Gasteiger partial charge in [-0.1, -0.05) is 0 Å². The summed E-state index contributed by atoms with van der Waals surface area (Å²) in [5.74, 6) is -0.599. The highest BCUT2D eigenvalue weighted by Gasteiger charge is 2.06. The molecule has 0 atom stereocenters. The number of rotatable bonds is 2. The molecule has 2 aromatic rings. The Bertz CT molecular complexity index is 528. The third kappa shape index (κ3) is 2.22. The minimum atomic E-state index is -1.04. The number of aromatic carboxylic acids is 1. The number of aromatic nitrogens is 3. The van der Waals surface area contributed by atoms with E-state index in [1.807, 2.05) is 6.07 Å². The number of pyridine rings is 1. The van der Waals surface area contributed by atoms with Crippen LogP contribution < -0.4 is 0 Å². The number of hydrogen-bond acceptors (Lipinski definition) is 4. The summed E-state index contributed by atoms with van der Waals surface area (Å²) in [6.07, 6.45) is 5.80. The topological polar surface area (TPSA) is 76.0 Å². The lowest BCUT2D eigenvalue weighted by Gasteiger charge is -2.00. The van der Waals surface area contributed by atoms with E-state index in [4.69, 9.17) is 5.11 Å². The summed E-state index contributed by atoms with van der Waals surface area (Å²) in [4.78, 5) is 22.5. The third-order valence-electron chi connectivity index (χ3n) is 1.86. The molecular weight excluding hydrogens is 274 g/mol. The second-order valence-electron chi connectivity index (χ2n) is 2.99. The maximum absolute atomic E-state index is 10.6. The smallest absolute Gasteiger partial charge is 0.338 e. The van der Waals surface area contributed by atoms with Crippen LogP contribution in [-0.4, -0.2) is 26.0 Å². The van der Waals surface area contributed by atoms with Gasteiger partial charge in [0.2, 0.25) is 0 Å². The van der Waals surface area contributed by atoms with Gasteiger partial charge in [0.25, 0.3) is 0 Å². The quantitative estimate of drug-likeness (QED) is 0.910. The summed E-state index contributed by atoms with van der Waals surface area (Å²) in [5.41, 5.74) is 0.790. The molecule has 6 heteroatoms. The van der Waals surface area contributed by atoms with Crippen LogP contribution in [0.5, 0.6) is 0 Å². The zero-order valence-electron chi connectivity index (χ0n) is 7.96. The second-order valence-corrected chi connectivity index (χ2v) is 3.91. The fourth-order valence-corrected chi connectivity index (χ4v) is 1.49. The number of carbonyl (C=O) groups is 1. The van der Waals surface area contributed by atoms with Crippen LogP contribution in [0.3, 0.4) is 0 Å². The Kier molecular flexibility index (Phi) is 2.91. The van der Waals surface area contributed by atoms with Gasteiger partial charge in [0.05, 0.1) is 5.56 Å². The summed E-state index contributed by atoms with van der Waals surface area (Å²) in [6.45, 7) is 0. The lowest BCUT2D eigenvalue weighted by Crippen LogP contribution is -1.99. The first kappa shape index (κ1) is 10.7. The molecule has 0 radical (unpaired) electrons. The van der Waals surface area contributed by atoms with E-state index < -0.39 is 5.97 Å². The van der Waals surface area contributed by atoms with Crippen LogP contribution in [0.25, 0.3) is 11.4 Å². The molecule has 80 valence electrons. The van der Waals surface area contributed by atoms with E-state index in [0.29, 0.717) is 5.82 Å². The van der Waals surface area contributed by atoms with Crippen molar-refractivity contribution in [1.82, 2.24) is 15.0 Å². The highest BCUT2D eigenvalue weighted by molar-refractivity contribution is 9.10. The molecule has 0 saturated carbocycles. The van der Waals surface area contributed by atoms with Crippen molar-refractivity contribution in [2.45, 2.75) is 0 Å². The lowest BCUT2D eigenvalue weighted by atomic mass is 10.2. The van der Waals surface area contributed by atoms with Crippen LogP contribution in [-0.2, 0) is 0 Å². The van der Waals surface area contributed by atoms with Crippen LogP contribution >= 0.6 is 15.9 Å². The average molecular weight is 280 g/mol. The van der Waals surface area contributed by atoms with E-state index in [2.05, 4.69) is 30.9 Å². The molecule has 5 nitrogen and oxygen atoms in total. The summed E-state index contributed by atoms with van der Waals surface area (Å²) in [5, 5.41) is 8.69. The van der Waals surface area contributed by atoms with E-state index in [1.54, 1.807) is 12.4 Å². The fraction of sp³-hybridized carbons (Fsp3) is 0. The van der Waals surface area contributed by atoms with Gasteiger partial charge >= 0.3 is 5.97 Å². The number of halogens is 1. The van der Waals surface area contributed by atoms with Crippen molar-refractivity contribution in [3.05, 3.63) is 40.9 Å². The van der Waals surface area contributed by atoms with Crippen molar-refractivity contribution in [3.63, 3.8) is 0 Å². The van der Waals surface area contributed by atoms with E-state index in [0.717, 1.165) is 10.0 Å². The Morgan fingerprint density at radius 2 is 1.88 bits per heavy atom. The molecule has 0 amide bonds. The molecule has 0 bridgehead atoms. The predicted octanol–water partition coefficient (Wildman–Crippen LogP) is 2.00. The molecular formula is C10H6BrN3O2. The normalized spacial score (nSPS) is 10.1. The molecule has 0 saturated heterocycles. The van der Waals surface area contributed by atoms with Gasteiger partial charge in [0, 0.05) is 34.8 Å². The molecule has 16 heavy (non-hydrogen) atoms. The maximum Gasteiger partial charge on any atom is 0.338 e. The average Bonchev–Trinajstić information content (AvgIpc) is 2.29. The largest absolute Gasteiger partial charge is 0.478 e. The van der Waals surface area contributed by atoms with Crippen LogP contribution in [0.15, 0.2) is 35.3 Å². The highest BCUT2D eigenvalue weighted by Crippen LogP contribution is 2.17. The molecule has 0 unspecified atom stereocenters. The van der Waals surface area contributed by atoms with Crippen molar-refractivity contribution in [2.75, 3.05) is 0 Å². The first-order valence-corrected chi connectivity index (χ1v) is 5.12. The van der Waals surface area contributed by atoms with Crippen molar-refractivity contribution in [1.29, 1.82) is 0 Å². The van der Waals surface area contributed by atoms with Crippen molar-refractivity contribution in [2.24, 2.45) is 0 Å². The summed E-state index contributed by atoms with van der Waals surface area (Å²) in [7, 11) is 0. The third-order valence-corrected chi connectivity index (χ3v) is 2.30. The van der Waals surface area contributed by atoms with Gasteiger partial charge in [-0.05, 0) is 22.0 Å². The summed E-state index contributed by atoms with van der Waals surface area (Å²) >= 11 is 3.28. The van der Waals surface area contributed by atoms with E-state index >= 15 is 0 Å². The minimum Gasteiger partial charge on any atom is -0.478 e. The molecule has 2 heterocycles. The molecule has 0 spiro atoms. The predicted molar refractivity (Wildman–Crippen MR) is 59.9 cm³/mol. The van der Waals surface area contributed by atoms with E-state index in [-0.39, 0.29) is 5.56 Å². The number of nitrogens with zero attached hydrogens (tertiary/aromatic N) is 3. The number of carboxylic acids is 1. The minimum absolute atomic E-state index is 0.0618. The number of hydrogen-bond donors (Lipinski definition) is 1. The lowest BCUT2D eigenvalue weighted by molar-refractivity contribution is 0.0696. The molecule has 0 aliphatic rings. The highest BCUT2D eigenvalue weighted by atomic mass is 79.9. The standard InChI is InChI=1S/C10H6BrN3O2/c11-8-1-6(2-12-5-8)9-13-3-7(4-14-9)10(15)16/h1-5H,(H,15,16). The van der Waals surface area contributed by atoms with Gasteiger partial charge in [-0.15, -0.1) is 0 Å².